The molecular formula is C19H19N7O2. The van der Waals surface area contributed by atoms with Gasteiger partial charge in [0.1, 0.15) is 5.39 Å². The van der Waals surface area contributed by atoms with Crippen LogP contribution in [0.5, 0.6) is 0 Å². The third kappa shape index (κ3) is 2.67. The number of rotatable bonds is 4. The second-order valence-corrected chi connectivity index (χ2v) is 6.78. The van der Waals surface area contributed by atoms with E-state index in [4.69, 9.17) is 10.5 Å². The number of fused-ring (bicyclic) bond motifs is 3. The van der Waals surface area contributed by atoms with Crippen LogP contribution >= 0.6 is 0 Å². The lowest BCUT2D eigenvalue weighted by molar-refractivity contribution is 0.120. The first kappa shape index (κ1) is 16.7. The van der Waals surface area contributed by atoms with E-state index in [2.05, 4.69) is 25.5 Å². The maximum Gasteiger partial charge on any atom is 0.270 e. The van der Waals surface area contributed by atoms with Crippen LogP contribution in [0.15, 0.2) is 41.3 Å². The van der Waals surface area contributed by atoms with Crippen LogP contribution in [-0.2, 0) is 4.74 Å². The minimum atomic E-state index is -0.274. The number of benzene rings is 1. The normalized spacial score (nSPS) is 16.8. The highest BCUT2D eigenvalue weighted by Gasteiger charge is 2.19. The summed E-state index contributed by atoms with van der Waals surface area (Å²) in [6, 6.07) is 9.34. The molecule has 4 aromatic rings. The van der Waals surface area contributed by atoms with Crippen LogP contribution in [-0.4, -0.2) is 44.0 Å². The third-order valence-corrected chi connectivity index (χ3v) is 4.99. The van der Waals surface area contributed by atoms with Gasteiger partial charge in [-0.25, -0.2) is 4.98 Å². The van der Waals surface area contributed by atoms with E-state index < -0.39 is 0 Å². The molecule has 9 heteroatoms. The van der Waals surface area contributed by atoms with E-state index in [9.17, 15) is 4.79 Å². The van der Waals surface area contributed by atoms with Crippen LogP contribution in [0.3, 0.4) is 0 Å². The number of pyridine rings is 1. The van der Waals surface area contributed by atoms with Crippen molar-refractivity contribution < 1.29 is 4.74 Å². The molecule has 9 nitrogen and oxygen atoms in total. The van der Waals surface area contributed by atoms with Crippen molar-refractivity contribution in [3.8, 4) is 5.69 Å². The van der Waals surface area contributed by atoms with E-state index in [1.54, 1.807) is 10.8 Å². The maximum atomic E-state index is 13.2. The van der Waals surface area contributed by atoms with Gasteiger partial charge in [0.2, 0.25) is 5.95 Å². The number of nitrogen functional groups attached to an aromatic ring is 1. The number of H-pyrrole nitrogens is 1. The van der Waals surface area contributed by atoms with Gasteiger partial charge in [-0.3, -0.25) is 14.5 Å². The summed E-state index contributed by atoms with van der Waals surface area (Å²) in [6.07, 6.45) is 3.92. The molecular weight excluding hydrogens is 358 g/mol. The lowest BCUT2D eigenvalue weighted by atomic mass is 10.2. The molecule has 1 aliphatic rings. The standard InChI is InChI=1S/C19H19N7O2/c20-16-14-15(24-25-16)13-10-22-19(21-9-12-7-4-8-28-12)23-17(13)26(18(14)27)11-5-2-1-3-6-11/h1-3,5-6,10,12H,4,7-9H2,(H3,20,24,25)(H,21,22,23). The van der Waals surface area contributed by atoms with Crippen LogP contribution in [0.2, 0.25) is 0 Å². The van der Waals surface area contributed by atoms with Crippen molar-refractivity contribution in [3.63, 3.8) is 0 Å². The lowest BCUT2D eigenvalue weighted by Gasteiger charge is -2.13. The van der Waals surface area contributed by atoms with Crippen molar-refractivity contribution >= 4 is 33.7 Å². The molecule has 1 unspecified atom stereocenters. The molecule has 0 radical (unpaired) electrons. The van der Waals surface area contributed by atoms with Crippen LogP contribution in [0, 0.1) is 0 Å². The third-order valence-electron chi connectivity index (χ3n) is 4.99. The Morgan fingerprint density at radius 1 is 1.32 bits per heavy atom. The summed E-state index contributed by atoms with van der Waals surface area (Å²) in [6.45, 7) is 1.41. The summed E-state index contributed by atoms with van der Waals surface area (Å²) in [7, 11) is 0. The van der Waals surface area contributed by atoms with Gasteiger partial charge in [-0.2, -0.15) is 10.1 Å². The highest BCUT2D eigenvalue weighted by molar-refractivity contribution is 6.05. The maximum absolute atomic E-state index is 13.2. The van der Waals surface area contributed by atoms with E-state index in [1.807, 2.05) is 30.3 Å². The molecule has 5 rings (SSSR count). The van der Waals surface area contributed by atoms with Gasteiger partial charge in [0.25, 0.3) is 5.56 Å². The fraction of sp³-hybridized carbons (Fsp3) is 0.263. The van der Waals surface area contributed by atoms with Crippen LogP contribution in [0.4, 0.5) is 11.8 Å². The number of hydrogen-bond donors (Lipinski definition) is 3. The van der Waals surface area contributed by atoms with Crippen LogP contribution < -0.4 is 16.6 Å². The van der Waals surface area contributed by atoms with E-state index in [-0.39, 0.29) is 17.5 Å². The summed E-state index contributed by atoms with van der Waals surface area (Å²) in [4.78, 5) is 22.3. The van der Waals surface area contributed by atoms with Gasteiger partial charge in [-0.1, -0.05) is 18.2 Å². The minimum Gasteiger partial charge on any atom is -0.382 e. The number of aromatic amines is 1. The van der Waals surface area contributed by atoms with Gasteiger partial charge in [0, 0.05) is 19.3 Å². The van der Waals surface area contributed by atoms with Gasteiger partial charge < -0.3 is 15.8 Å². The highest BCUT2D eigenvalue weighted by atomic mass is 16.5. The molecule has 3 aromatic heterocycles. The van der Waals surface area contributed by atoms with E-state index in [1.165, 1.54) is 0 Å². The minimum absolute atomic E-state index is 0.158. The predicted octanol–water partition coefficient (Wildman–Crippen LogP) is 1.83. The molecule has 0 bridgehead atoms. The van der Waals surface area contributed by atoms with Gasteiger partial charge in [-0.15, -0.1) is 0 Å². The fourth-order valence-corrected chi connectivity index (χ4v) is 3.61. The molecule has 1 aromatic carbocycles. The largest absolute Gasteiger partial charge is 0.382 e. The van der Waals surface area contributed by atoms with Crippen molar-refractivity contribution in [1.29, 1.82) is 0 Å². The second-order valence-electron chi connectivity index (χ2n) is 6.78. The van der Waals surface area contributed by atoms with Gasteiger partial charge in [-0.05, 0) is 25.0 Å². The summed E-state index contributed by atoms with van der Waals surface area (Å²) in [5.41, 5.74) is 7.38. The van der Waals surface area contributed by atoms with E-state index in [0.29, 0.717) is 40.1 Å². The molecule has 142 valence electrons. The predicted molar refractivity (Wildman–Crippen MR) is 107 cm³/mol. The van der Waals surface area contributed by atoms with E-state index in [0.717, 1.165) is 19.4 Å². The number of hydrogen-bond acceptors (Lipinski definition) is 7. The zero-order valence-electron chi connectivity index (χ0n) is 15.1. The Hall–Kier alpha value is -3.46. The molecule has 0 amide bonds. The summed E-state index contributed by atoms with van der Waals surface area (Å²) in [5.74, 6) is 0.603. The number of nitrogens with two attached hydrogens (primary N) is 1. The average Bonchev–Trinajstić information content (AvgIpc) is 3.37. The average molecular weight is 377 g/mol. The first-order valence-electron chi connectivity index (χ1n) is 9.18. The zero-order valence-corrected chi connectivity index (χ0v) is 15.1. The van der Waals surface area contributed by atoms with Crippen molar-refractivity contribution in [3.05, 3.63) is 46.9 Å². The Morgan fingerprint density at radius 2 is 2.18 bits per heavy atom. The molecule has 0 spiro atoms. The van der Waals surface area contributed by atoms with Gasteiger partial charge >= 0.3 is 0 Å². The monoisotopic (exact) mass is 377 g/mol. The second kappa shape index (κ2) is 6.61. The number of ether oxygens (including phenoxy) is 1. The zero-order chi connectivity index (χ0) is 19.1. The highest BCUT2D eigenvalue weighted by Crippen LogP contribution is 2.25. The van der Waals surface area contributed by atoms with Gasteiger partial charge in [0.05, 0.1) is 22.7 Å². The molecule has 4 N–H and O–H groups in total. The quantitative estimate of drug-likeness (QED) is 0.496. The Kier molecular flexibility index (Phi) is 3.94. The van der Waals surface area contributed by atoms with Crippen molar-refractivity contribution in [2.45, 2.75) is 18.9 Å². The number of nitrogens with zero attached hydrogens (tertiary/aromatic N) is 4. The SMILES string of the molecule is Nc1n[nH]c2c1c(=O)n(-c1ccccc1)c1nc(NCC3CCCO3)ncc21. The number of aromatic nitrogens is 5. The Morgan fingerprint density at radius 3 is 2.96 bits per heavy atom. The van der Waals surface area contributed by atoms with Crippen LogP contribution in [0.1, 0.15) is 12.8 Å². The Balaban J connectivity index is 1.70. The molecule has 1 fully saturated rings. The fourth-order valence-electron chi connectivity index (χ4n) is 3.61. The summed E-state index contributed by atoms with van der Waals surface area (Å²) in [5, 5.41) is 11.1. The van der Waals surface area contributed by atoms with Crippen molar-refractivity contribution in [2.24, 2.45) is 0 Å². The summed E-state index contributed by atoms with van der Waals surface area (Å²) >= 11 is 0. The molecule has 28 heavy (non-hydrogen) atoms. The smallest absolute Gasteiger partial charge is 0.270 e. The Labute approximate surface area is 159 Å². The van der Waals surface area contributed by atoms with Gasteiger partial charge in [0.15, 0.2) is 11.5 Å². The van der Waals surface area contributed by atoms with Crippen LogP contribution in [0.25, 0.3) is 27.6 Å². The first-order valence-corrected chi connectivity index (χ1v) is 9.18. The van der Waals surface area contributed by atoms with E-state index >= 15 is 0 Å². The topological polar surface area (TPSA) is 124 Å². The van der Waals surface area contributed by atoms with Crippen molar-refractivity contribution in [2.75, 3.05) is 24.2 Å². The lowest BCUT2D eigenvalue weighted by Crippen LogP contribution is -2.22. The molecule has 4 heterocycles. The molecule has 1 atom stereocenters. The molecule has 1 aliphatic heterocycles. The number of anilines is 2. The molecule has 0 aliphatic carbocycles. The molecule has 1 saturated heterocycles. The number of nitrogens with one attached hydrogen (secondary N) is 2. The molecule has 0 saturated carbocycles. The first-order chi connectivity index (χ1) is 13.7. The summed E-state index contributed by atoms with van der Waals surface area (Å²) < 4.78 is 7.18. The number of para-hydroxylation sites is 1. The Bertz CT molecular complexity index is 1210. The van der Waals surface area contributed by atoms with Crippen molar-refractivity contribution in [1.82, 2.24) is 24.7 Å².